The number of rotatable bonds is 23. The molecule has 306 valence electrons. The van der Waals surface area contributed by atoms with Gasteiger partial charge in [-0.05, 0) is 42.9 Å². The van der Waals surface area contributed by atoms with E-state index in [0.717, 1.165) is 0 Å². The van der Waals surface area contributed by atoms with Crippen LogP contribution in [0, 0.1) is 5.92 Å². The Bertz CT molecular complexity index is 1640. The molecule has 0 aliphatic carbocycles. The van der Waals surface area contributed by atoms with Gasteiger partial charge in [0.2, 0.25) is 35.4 Å². The van der Waals surface area contributed by atoms with Crippen molar-refractivity contribution in [3.63, 3.8) is 0 Å². The van der Waals surface area contributed by atoms with E-state index in [2.05, 4.69) is 36.9 Å². The third kappa shape index (κ3) is 13.8. The minimum Gasteiger partial charge on any atom is -0.480 e. The SMILES string of the molecule is CSCC[C@H](NC(=O)[C@H](CO)NC(=O)[C@@H](NC(=O)[C@H](Cc1c[nH]c2ccccc12)NC(=O)[C@@H](NC(=O)[C@H](CO)NC(=O)[C@@H](N)CO)C(C)C)[C@@H](C)O)C(=O)O. The number of nitrogens with two attached hydrogens (primary N) is 1. The molecule has 0 unspecified atom stereocenters. The van der Waals surface area contributed by atoms with Crippen molar-refractivity contribution in [3.05, 3.63) is 36.0 Å². The zero-order valence-corrected chi connectivity index (χ0v) is 31.7. The average Bonchev–Trinajstić information content (AvgIpc) is 3.56. The molecule has 1 aromatic carbocycles. The largest absolute Gasteiger partial charge is 0.480 e. The van der Waals surface area contributed by atoms with Crippen LogP contribution < -0.4 is 37.6 Å². The number of H-pyrrole nitrogens is 1. The number of nitrogens with one attached hydrogen (secondary N) is 7. The van der Waals surface area contributed by atoms with Gasteiger partial charge < -0.3 is 68.2 Å². The molecular formula is C34H52N8O12S. The predicted molar refractivity (Wildman–Crippen MR) is 200 cm³/mol. The lowest BCUT2D eigenvalue weighted by molar-refractivity contribution is -0.142. The van der Waals surface area contributed by atoms with Gasteiger partial charge in [-0.15, -0.1) is 0 Å². The van der Waals surface area contributed by atoms with Crippen LogP contribution in [0.5, 0.6) is 0 Å². The Balaban J connectivity index is 2.36. The fourth-order valence-corrected chi connectivity index (χ4v) is 5.69. The van der Waals surface area contributed by atoms with Crippen molar-refractivity contribution in [2.75, 3.05) is 31.8 Å². The van der Waals surface area contributed by atoms with Gasteiger partial charge in [0.05, 0.1) is 25.9 Å². The number of carboxylic acid groups (broad SMARTS) is 1. The van der Waals surface area contributed by atoms with Crippen LogP contribution in [0.1, 0.15) is 32.8 Å². The Hall–Kier alpha value is -4.80. The van der Waals surface area contributed by atoms with E-state index in [1.165, 1.54) is 18.7 Å². The Morgan fingerprint density at radius 3 is 1.76 bits per heavy atom. The Morgan fingerprint density at radius 1 is 0.709 bits per heavy atom. The molecule has 55 heavy (non-hydrogen) atoms. The Labute approximate surface area is 321 Å². The highest BCUT2D eigenvalue weighted by molar-refractivity contribution is 7.98. The number of carbonyl (C=O) groups is 7. The Morgan fingerprint density at radius 2 is 1.22 bits per heavy atom. The average molecular weight is 797 g/mol. The van der Waals surface area contributed by atoms with E-state index in [-0.39, 0.29) is 12.8 Å². The molecule has 0 spiro atoms. The molecule has 2 rings (SSSR count). The number of aromatic amines is 1. The quantitative estimate of drug-likeness (QED) is 0.0508. The van der Waals surface area contributed by atoms with Crippen LogP contribution in [0.3, 0.4) is 0 Å². The van der Waals surface area contributed by atoms with Crippen molar-refractivity contribution in [2.24, 2.45) is 11.7 Å². The number of carboxylic acids is 1. The van der Waals surface area contributed by atoms with E-state index < -0.39 is 116 Å². The first-order valence-electron chi connectivity index (χ1n) is 17.3. The zero-order chi connectivity index (χ0) is 41.4. The number of aliphatic carboxylic acids is 1. The van der Waals surface area contributed by atoms with E-state index in [9.17, 15) is 54.0 Å². The van der Waals surface area contributed by atoms with Crippen LogP contribution in [0.25, 0.3) is 10.9 Å². The second-order valence-corrected chi connectivity index (χ2v) is 14.0. The van der Waals surface area contributed by atoms with Crippen molar-refractivity contribution < 1.29 is 59.1 Å². The summed E-state index contributed by atoms with van der Waals surface area (Å²) in [5, 5.41) is 63.5. The van der Waals surface area contributed by atoms with Crippen LogP contribution >= 0.6 is 11.8 Å². The first-order valence-corrected chi connectivity index (χ1v) is 18.7. The third-order valence-corrected chi connectivity index (χ3v) is 9.08. The minimum atomic E-state index is -1.75. The van der Waals surface area contributed by atoms with Gasteiger partial charge in [-0.1, -0.05) is 32.0 Å². The molecular weight excluding hydrogens is 744 g/mol. The van der Waals surface area contributed by atoms with Crippen LogP contribution in [0.15, 0.2) is 30.5 Å². The fourth-order valence-electron chi connectivity index (χ4n) is 5.22. The van der Waals surface area contributed by atoms with Gasteiger partial charge in [0.25, 0.3) is 0 Å². The number of thioether (sulfide) groups is 1. The van der Waals surface area contributed by atoms with Crippen molar-refractivity contribution in [1.82, 2.24) is 36.9 Å². The number of benzene rings is 1. The first-order chi connectivity index (χ1) is 26.0. The lowest BCUT2D eigenvalue weighted by atomic mass is 10.00. The molecule has 8 atom stereocenters. The summed E-state index contributed by atoms with van der Waals surface area (Å²) in [6.45, 7) is 1.76. The summed E-state index contributed by atoms with van der Waals surface area (Å²) in [5.41, 5.74) is 6.75. The summed E-state index contributed by atoms with van der Waals surface area (Å²) in [5.74, 6) is -7.44. The number of para-hydroxylation sites is 1. The monoisotopic (exact) mass is 796 g/mol. The summed E-state index contributed by atoms with van der Waals surface area (Å²) in [4.78, 5) is 93.8. The van der Waals surface area contributed by atoms with Crippen molar-refractivity contribution >= 4 is 64.1 Å². The lowest BCUT2D eigenvalue weighted by Gasteiger charge is -2.29. The van der Waals surface area contributed by atoms with Gasteiger partial charge in [0.15, 0.2) is 0 Å². The first kappa shape index (κ1) is 46.4. The minimum absolute atomic E-state index is 0.0590. The zero-order valence-electron chi connectivity index (χ0n) is 30.9. The lowest BCUT2D eigenvalue weighted by Crippen LogP contribution is -2.62. The highest BCUT2D eigenvalue weighted by Crippen LogP contribution is 2.20. The van der Waals surface area contributed by atoms with Gasteiger partial charge in [-0.3, -0.25) is 28.8 Å². The summed E-state index contributed by atoms with van der Waals surface area (Å²) < 4.78 is 0. The fraction of sp³-hybridized carbons (Fsp3) is 0.559. The molecule has 6 amide bonds. The number of hydrogen-bond donors (Lipinski definition) is 13. The smallest absolute Gasteiger partial charge is 0.326 e. The number of aliphatic hydroxyl groups is 4. The van der Waals surface area contributed by atoms with Gasteiger partial charge in [-0.25, -0.2) is 4.79 Å². The van der Waals surface area contributed by atoms with E-state index in [0.29, 0.717) is 22.2 Å². The molecule has 0 saturated heterocycles. The molecule has 0 aliphatic heterocycles. The molecule has 0 aliphatic rings. The standard InChI is InChI=1S/C34H52N8O12S/c1-16(2)26(41-31(50)25(15-45)39-28(47)20(35)13-43)32(51)38-23(11-18-12-36-21-8-6-5-7-19(18)21)29(48)42-27(17(3)46)33(52)40-24(14-44)30(49)37-22(34(53)54)9-10-55-4/h5-8,12,16-17,20,22-27,36,43-46H,9-11,13-15,35H2,1-4H3,(H,37,49)(H,38,51)(H,39,47)(H,40,52)(H,41,50)(H,42,48)(H,53,54)/t17-,20+,22+,23+,24+,25+,26+,27+/m1/s1. The van der Waals surface area contributed by atoms with Gasteiger partial charge >= 0.3 is 5.97 Å². The highest BCUT2D eigenvalue weighted by Gasteiger charge is 2.36. The summed E-state index contributed by atoms with van der Waals surface area (Å²) in [6.07, 6.45) is 1.66. The van der Waals surface area contributed by atoms with Crippen molar-refractivity contribution in [1.29, 1.82) is 0 Å². The maximum Gasteiger partial charge on any atom is 0.326 e. The number of amides is 6. The summed E-state index contributed by atoms with van der Waals surface area (Å²) in [7, 11) is 0. The highest BCUT2D eigenvalue weighted by atomic mass is 32.2. The van der Waals surface area contributed by atoms with Gasteiger partial charge in [-0.2, -0.15) is 11.8 Å². The second-order valence-electron chi connectivity index (χ2n) is 13.0. The van der Waals surface area contributed by atoms with E-state index in [1.54, 1.807) is 50.6 Å². The molecule has 0 radical (unpaired) electrons. The topological polar surface area (TPSA) is 335 Å². The van der Waals surface area contributed by atoms with Crippen LogP contribution in [-0.4, -0.2) is 152 Å². The molecule has 0 bridgehead atoms. The van der Waals surface area contributed by atoms with Crippen LogP contribution in [0.2, 0.25) is 0 Å². The second kappa shape index (κ2) is 22.5. The summed E-state index contributed by atoms with van der Waals surface area (Å²) in [6, 6.07) is -3.37. The number of fused-ring (bicyclic) bond motifs is 1. The molecule has 2 aromatic rings. The predicted octanol–water partition coefficient (Wildman–Crippen LogP) is -4.20. The van der Waals surface area contributed by atoms with Gasteiger partial charge in [0, 0.05) is 23.5 Å². The molecule has 0 fully saturated rings. The van der Waals surface area contributed by atoms with E-state index in [4.69, 9.17) is 10.8 Å². The Kier molecular flexibility index (Phi) is 19.0. The number of hydrogen-bond acceptors (Lipinski definition) is 13. The number of aromatic nitrogens is 1. The van der Waals surface area contributed by atoms with E-state index >= 15 is 0 Å². The van der Waals surface area contributed by atoms with Crippen molar-refractivity contribution in [2.45, 2.75) is 82.0 Å². The maximum atomic E-state index is 13.9. The summed E-state index contributed by atoms with van der Waals surface area (Å²) >= 11 is 1.35. The maximum absolute atomic E-state index is 13.9. The van der Waals surface area contributed by atoms with Crippen molar-refractivity contribution in [3.8, 4) is 0 Å². The van der Waals surface area contributed by atoms with Crippen LogP contribution in [0.4, 0.5) is 0 Å². The molecule has 1 heterocycles. The number of carbonyl (C=O) groups excluding carboxylic acids is 6. The van der Waals surface area contributed by atoms with Crippen LogP contribution in [-0.2, 0) is 40.0 Å². The molecule has 21 heteroatoms. The normalized spacial score (nSPS) is 15.7. The third-order valence-electron chi connectivity index (χ3n) is 8.43. The molecule has 20 nitrogen and oxygen atoms in total. The number of aliphatic hydroxyl groups excluding tert-OH is 4. The van der Waals surface area contributed by atoms with Gasteiger partial charge in [0.1, 0.15) is 42.3 Å². The van der Waals surface area contributed by atoms with E-state index in [1.807, 2.05) is 0 Å². The molecule has 0 saturated carbocycles. The molecule has 1 aromatic heterocycles. The molecule has 14 N–H and O–H groups in total.